The van der Waals surface area contributed by atoms with Crippen LogP contribution < -0.4 is 5.32 Å². The van der Waals surface area contributed by atoms with Crippen molar-refractivity contribution in [1.82, 2.24) is 19.7 Å². The Balaban J connectivity index is 1.66. The molecule has 2 heterocycles. The number of aryl methyl sites for hydroxylation is 3. The maximum absolute atomic E-state index is 12.2. The van der Waals surface area contributed by atoms with Crippen molar-refractivity contribution in [2.24, 2.45) is 0 Å². The molecule has 7 heteroatoms. The Kier molecular flexibility index (Phi) is 5.68. The minimum atomic E-state index is -0.0757. The molecule has 0 radical (unpaired) electrons. The summed E-state index contributed by atoms with van der Waals surface area (Å²) in [5.74, 6) is 0.179. The Morgan fingerprint density at radius 3 is 2.77 bits per heavy atom. The van der Waals surface area contributed by atoms with E-state index in [-0.39, 0.29) is 11.7 Å². The highest BCUT2D eigenvalue weighted by Gasteiger charge is 2.11. The fourth-order valence-electron chi connectivity index (χ4n) is 2.52. The lowest BCUT2D eigenvalue weighted by atomic mass is 10.2. The second-order valence-corrected chi connectivity index (χ2v) is 6.80. The minimum Gasteiger partial charge on any atom is -0.325 e. The predicted molar refractivity (Wildman–Crippen MR) is 104 cm³/mol. The standard InChI is InChI=1S/C19H21N5OS/c1-4-24-11-15(14(3)23-24)17-9-10-20-19(22-17)26-12-18(25)21-16-8-6-5-7-13(16)2/h5-11H,4,12H2,1-3H3,(H,21,25). The van der Waals surface area contributed by atoms with E-state index < -0.39 is 0 Å². The monoisotopic (exact) mass is 367 g/mol. The molecule has 2 aromatic heterocycles. The van der Waals surface area contributed by atoms with Crippen molar-refractivity contribution in [3.05, 3.63) is 54.0 Å². The van der Waals surface area contributed by atoms with Gasteiger partial charge in [0.2, 0.25) is 5.91 Å². The maximum Gasteiger partial charge on any atom is 0.234 e. The summed E-state index contributed by atoms with van der Waals surface area (Å²) in [7, 11) is 0. The first-order valence-electron chi connectivity index (χ1n) is 8.42. The van der Waals surface area contributed by atoms with Crippen LogP contribution in [0.4, 0.5) is 5.69 Å². The van der Waals surface area contributed by atoms with Gasteiger partial charge in [0.15, 0.2) is 5.16 Å². The quantitative estimate of drug-likeness (QED) is 0.531. The second kappa shape index (κ2) is 8.14. The summed E-state index contributed by atoms with van der Waals surface area (Å²) in [5.41, 5.74) is 4.60. The van der Waals surface area contributed by atoms with E-state index in [4.69, 9.17) is 0 Å². The molecular formula is C19H21N5OS. The number of hydrogen-bond donors (Lipinski definition) is 1. The summed E-state index contributed by atoms with van der Waals surface area (Å²) in [5, 5.41) is 7.94. The topological polar surface area (TPSA) is 72.7 Å². The molecule has 0 aliphatic heterocycles. The number of amides is 1. The van der Waals surface area contributed by atoms with Gasteiger partial charge in [-0.3, -0.25) is 9.48 Å². The number of hydrogen-bond acceptors (Lipinski definition) is 5. The summed E-state index contributed by atoms with van der Waals surface area (Å²) in [4.78, 5) is 21.0. The Morgan fingerprint density at radius 1 is 1.23 bits per heavy atom. The van der Waals surface area contributed by atoms with Crippen molar-refractivity contribution in [3.8, 4) is 11.3 Å². The van der Waals surface area contributed by atoms with Gasteiger partial charge >= 0.3 is 0 Å². The first-order valence-corrected chi connectivity index (χ1v) is 9.41. The van der Waals surface area contributed by atoms with Gasteiger partial charge in [-0.05, 0) is 38.5 Å². The zero-order valence-corrected chi connectivity index (χ0v) is 15.9. The van der Waals surface area contributed by atoms with Crippen molar-refractivity contribution in [2.75, 3.05) is 11.1 Å². The van der Waals surface area contributed by atoms with Crippen LogP contribution in [0.15, 0.2) is 47.9 Å². The van der Waals surface area contributed by atoms with Gasteiger partial charge in [0.25, 0.3) is 0 Å². The van der Waals surface area contributed by atoms with Crippen LogP contribution in [0.2, 0.25) is 0 Å². The molecule has 1 N–H and O–H groups in total. The molecule has 3 aromatic rings. The molecule has 0 aliphatic carbocycles. The molecule has 3 rings (SSSR count). The van der Waals surface area contributed by atoms with Crippen molar-refractivity contribution in [2.45, 2.75) is 32.5 Å². The van der Waals surface area contributed by atoms with E-state index in [2.05, 4.69) is 20.4 Å². The smallest absolute Gasteiger partial charge is 0.234 e. The third-order valence-electron chi connectivity index (χ3n) is 3.93. The first kappa shape index (κ1) is 18.1. The lowest BCUT2D eigenvalue weighted by Crippen LogP contribution is -2.15. The number of rotatable bonds is 6. The lowest BCUT2D eigenvalue weighted by molar-refractivity contribution is -0.113. The highest BCUT2D eigenvalue weighted by atomic mass is 32.2. The molecule has 0 saturated heterocycles. The molecule has 0 saturated carbocycles. The Labute approximate surface area is 157 Å². The van der Waals surface area contributed by atoms with Crippen LogP contribution >= 0.6 is 11.8 Å². The van der Waals surface area contributed by atoms with Crippen LogP contribution in [-0.4, -0.2) is 31.4 Å². The van der Waals surface area contributed by atoms with Gasteiger partial charge in [-0.25, -0.2) is 9.97 Å². The normalized spacial score (nSPS) is 10.7. The number of para-hydroxylation sites is 1. The summed E-state index contributed by atoms with van der Waals surface area (Å²) in [6.07, 6.45) is 3.70. The predicted octanol–water partition coefficient (Wildman–Crippen LogP) is 3.71. The maximum atomic E-state index is 12.2. The number of carbonyl (C=O) groups is 1. The van der Waals surface area contributed by atoms with E-state index in [0.29, 0.717) is 5.16 Å². The van der Waals surface area contributed by atoms with Crippen molar-refractivity contribution < 1.29 is 4.79 Å². The Bertz CT molecular complexity index is 922. The van der Waals surface area contributed by atoms with Gasteiger partial charge in [0.1, 0.15) is 0 Å². The van der Waals surface area contributed by atoms with Crippen molar-refractivity contribution >= 4 is 23.4 Å². The second-order valence-electron chi connectivity index (χ2n) is 5.86. The number of nitrogens with zero attached hydrogens (tertiary/aromatic N) is 4. The first-order chi connectivity index (χ1) is 12.6. The summed E-state index contributed by atoms with van der Waals surface area (Å²) >= 11 is 1.32. The number of thioether (sulfide) groups is 1. The van der Waals surface area contributed by atoms with E-state index in [1.54, 1.807) is 6.20 Å². The molecule has 0 unspecified atom stereocenters. The minimum absolute atomic E-state index is 0.0757. The molecule has 26 heavy (non-hydrogen) atoms. The van der Waals surface area contributed by atoms with Crippen molar-refractivity contribution in [1.29, 1.82) is 0 Å². The van der Waals surface area contributed by atoms with E-state index in [9.17, 15) is 4.79 Å². The van der Waals surface area contributed by atoms with Crippen LogP contribution in [0.1, 0.15) is 18.2 Å². The van der Waals surface area contributed by atoms with Crippen LogP contribution in [0.5, 0.6) is 0 Å². The van der Waals surface area contributed by atoms with Crippen LogP contribution in [0.25, 0.3) is 11.3 Å². The van der Waals surface area contributed by atoms with Gasteiger partial charge < -0.3 is 5.32 Å². The molecule has 6 nitrogen and oxygen atoms in total. The number of anilines is 1. The Hall–Kier alpha value is -2.67. The molecule has 0 atom stereocenters. The molecule has 1 amide bonds. The van der Waals surface area contributed by atoms with Crippen LogP contribution in [0.3, 0.4) is 0 Å². The van der Waals surface area contributed by atoms with Crippen LogP contribution in [-0.2, 0) is 11.3 Å². The Morgan fingerprint density at radius 2 is 2.04 bits per heavy atom. The SMILES string of the molecule is CCn1cc(-c2ccnc(SCC(=O)Nc3ccccc3C)n2)c(C)n1. The molecule has 134 valence electrons. The molecule has 1 aromatic carbocycles. The fourth-order valence-corrected chi connectivity index (χ4v) is 3.15. The fraction of sp³-hybridized carbons (Fsp3) is 0.263. The van der Waals surface area contributed by atoms with E-state index >= 15 is 0 Å². The van der Waals surface area contributed by atoms with Crippen molar-refractivity contribution in [3.63, 3.8) is 0 Å². The summed E-state index contributed by atoms with van der Waals surface area (Å²) in [6.45, 7) is 6.79. The molecule has 0 fully saturated rings. The average molecular weight is 367 g/mol. The van der Waals surface area contributed by atoms with E-state index in [0.717, 1.165) is 34.7 Å². The molecular weight excluding hydrogens is 346 g/mol. The highest BCUT2D eigenvalue weighted by Crippen LogP contribution is 2.23. The lowest BCUT2D eigenvalue weighted by Gasteiger charge is -2.07. The van der Waals surface area contributed by atoms with Crippen LogP contribution in [0, 0.1) is 13.8 Å². The highest BCUT2D eigenvalue weighted by molar-refractivity contribution is 7.99. The molecule has 0 aliphatic rings. The van der Waals surface area contributed by atoms with Gasteiger partial charge in [-0.15, -0.1) is 0 Å². The van der Waals surface area contributed by atoms with E-state index in [1.165, 1.54) is 11.8 Å². The molecule has 0 bridgehead atoms. The third-order valence-corrected chi connectivity index (χ3v) is 4.79. The third kappa shape index (κ3) is 4.29. The van der Waals surface area contributed by atoms with E-state index in [1.807, 2.05) is 62.0 Å². The largest absolute Gasteiger partial charge is 0.325 e. The van der Waals surface area contributed by atoms with Gasteiger partial charge in [0, 0.05) is 30.2 Å². The van der Waals surface area contributed by atoms with Gasteiger partial charge in [0.05, 0.1) is 17.1 Å². The van der Waals surface area contributed by atoms with Gasteiger partial charge in [-0.1, -0.05) is 30.0 Å². The molecule has 0 spiro atoms. The van der Waals surface area contributed by atoms with Gasteiger partial charge in [-0.2, -0.15) is 5.10 Å². The number of aromatic nitrogens is 4. The number of carbonyl (C=O) groups excluding carboxylic acids is 1. The zero-order valence-electron chi connectivity index (χ0n) is 15.1. The summed E-state index contributed by atoms with van der Waals surface area (Å²) in [6, 6.07) is 9.57. The number of nitrogens with one attached hydrogen (secondary N) is 1. The summed E-state index contributed by atoms with van der Waals surface area (Å²) < 4.78 is 1.88. The number of benzene rings is 1. The zero-order chi connectivity index (χ0) is 18.5. The average Bonchev–Trinajstić information content (AvgIpc) is 3.03.